The number of methoxy groups -OCH3 is 1. The number of furan rings is 1. The number of ether oxygens (including phenoxy) is 1. The van der Waals surface area contributed by atoms with Gasteiger partial charge in [0.2, 0.25) is 0 Å². The van der Waals surface area contributed by atoms with Crippen LogP contribution in [0.3, 0.4) is 0 Å². The van der Waals surface area contributed by atoms with E-state index in [1.54, 1.807) is 19.2 Å². The summed E-state index contributed by atoms with van der Waals surface area (Å²) < 4.78 is 10.7. The van der Waals surface area contributed by atoms with Gasteiger partial charge < -0.3 is 24.9 Å². The third-order valence-corrected chi connectivity index (χ3v) is 4.40. The molecule has 1 saturated carbocycles. The van der Waals surface area contributed by atoms with Crippen LogP contribution in [0.5, 0.6) is 0 Å². The van der Waals surface area contributed by atoms with Crippen molar-refractivity contribution in [3.63, 3.8) is 0 Å². The number of hydrogen-bond donors (Lipinski definition) is 3. The first-order valence-corrected chi connectivity index (χ1v) is 8.41. The number of hydrogen-bond acceptors (Lipinski definition) is 4. The normalized spacial score (nSPS) is 24.5. The second kappa shape index (κ2) is 8.93. The summed E-state index contributed by atoms with van der Waals surface area (Å²) in [6.07, 6.45) is 6.65. The molecule has 1 aliphatic rings. The number of carbonyl (C=O) groups excluding carboxylic acids is 1. The standard InChI is InChI=1S/C17H28N2O4/c1-12(11-14(20)16-9-6-10-23-16)18-17(21)19-13-7-4-3-5-8-15(13)22-2/h6,9-10,12-15,20H,3-5,7-8,11H2,1-2H3,(H2,18,19,21)/t12-,13+,14-,15-/m1/s1. The van der Waals surface area contributed by atoms with E-state index in [0.717, 1.165) is 25.7 Å². The monoisotopic (exact) mass is 324 g/mol. The van der Waals surface area contributed by atoms with Crippen molar-refractivity contribution in [2.45, 2.75) is 69.7 Å². The van der Waals surface area contributed by atoms with Gasteiger partial charge in [-0.25, -0.2) is 4.79 Å². The zero-order valence-corrected chi connectivity index (χ0v) is 14.0. The number of carbonyl (C=O) groups is 1. The number of aliphatic hydroxyl groups excluding tert-OH is 1. The van der Waals surface area contributed by atoms with Crippen molar-refractivity contribution in [2.24, 2.45) is 0 Å². The molecule has 6 nitrogen and oxygen atoms in total. The lowest BCUT2D eigenvalue weighted by Gasteiger charge is -2.26. The molecule has 1 aliphatic carbocycles. The Balaban J connectivity index is 1.78. The molecule has 1 heterocycles. The van der Waals surface area contributed by atoms with Gasteiger partial charge in [0.05, 0.1) is 18.4 Å². The van der Waals surface area contributed by atoms with Gasteiger partial charge in [0.1, 0.15) is 11.9 Å². The summed E-state index contributed by atoms with van der Waals surface area (Å²) in [6.45, 7) is 1.87. The first-order valence-electron chi connectivity index (χ1n) is 8.41. The molecule has 1 aromatic rings. The zero-order chi connectivity index (χ0) is 16.7. The van der Waals surface area contributed by atoms with Crippen LogP contribution in [0, 0.1) is 0 Å². The summed E-state index contributed by atoms with van der Waals surface area (Å²) in [5, 5.41) is 15.9. The Hall–Kier alpha value is -1.53. The summed E-state index contributed by atoms with van der Waals surface area (Å²) in [7, 11) is 1.70. The quantitative estimate of drug-likeness (QED) is 0.703. The molecule has 4 atom stereocenters. The molecule has 130 valence electrons. The fraction of sp³-hybridized carbons (Fsp3) is 0.706. The Labute approximate surface area is 137 Å². The number of rotatable bonds is 6. The molecule has 2 rings (SSSR count). The predicted octanol–water partition coefficient (Wildman–Crippen LogP) is 2.74. The Morgan fingerprint density at radius 1 is 1.43 bits per heavy atom. The zero-order valence-electron chi connectivity index (χ0n) is 14.0. The molecule has 1 fully saturated rings. The van der Waals surface area contributed by atoms with Gasteiger partial charge in [-0.2, -0.15) is 0 Å². The number of aliphatic hydroxyl groups is 1. The Morgan fingerprint density at radius 3 is 2.91 bits per heavy atom. The van der Waals surface area contributed by atoms with Crippen LogP contribution in [0.25, 0.3) is 0 Å². The molecule has 0 radical (unpaired) electrons. The van der Waals surface area contributed by atoms with Gasteiger partial charge in [-0.1, -0.05) is 19.3 Å². The second-order valence-corrected chi connectivity index (χ2v) is 6.30. The van der Waals surface area contributed by atoms with Crippen molar-refractivity contribution in [1.29, 1.82) is 0 Å². The molecule has 0 unspecified atom stereocenters. The molecule has 23 heavy (non-hydrogen) atoms. The largest absolute Gasteiger partial charge is 0.467 e. The van der Waals surface area contributed by atoms with E-state index in [-0.39, 0.29) is 24.2 Å². The summed E-state index contributed by atoms with van der Waals surface area (Å²) in [4.78, 5) is 12.2. The average Bonchev–Trinajstić information content (AvgIpc) is 2.95. The van der Waals surface area contributed by atoms with Crippen LogP contribution >= 0.6 is 0 Å². The smallest absolute Gasteiger partial charge is 0.315 e. The molecule has 0 bridgehead atoms. The SMILES string of the molecule is CO[C@@H]1CCCCC[C@@H]1NC(=O)N[C@H](C)C[C@@H](O)c1ccco1. The van der Waals surface area contributed by atoms with Crippen LogP contribution in [0.4, 0.5) is 4.79 Å². The lowest BCUT2D eigenvalue weighted by atomic mass is 10.1. The maximum atomic E-state index is 12.2. The fourth-order valence-corrected chi connectivity index (χ4v) is 3.15. The van der Waals surface area contributed by atoms with Gasteiger partial charge in [0, 0.05) is 19.6 Å². The van der Waals surface area contributed by atoms with Crippen molar-refractivity contribution >= 4 is 6.03 Å². The Morgan fingerprint density at radius 2 is 2.22 bits per heavy atom. The molecule has 6 heteroatoms. The van der Waals surface area contributed by atoms with Crippen molar-refractivity contribution in [3.05, 3.63) is 24.2 Å². The van der Waals surface area contributed by atoms with E-state index in [1.165, 1.54) is 12.7 Å². The highest BCUT2D eigenvalue weighted by atomic mass is 16.5. The third kappa shape index (κ3) is 5.55. The van der Waals surface area contributed by atoms with Crippen LogP contribution in [-0.2, 0) is 4.74 Å². The van der Waals surface area contributed by atoms with Crippen LogP contribution < -0.4 is 10.6 Å². The number of amides is 2. The topological polar surface area (TPSA) is 83.7 Å². The number of urea groups is 1. The fourth-order valence-electron chi connectivity index (χ4n) is 3.15. The molecule has 2 amide bonds. The van der Waals surface area contributed by atoms with E-state index < -0.39 is 6.10 Å². The van der Waals surface area contributed by atoms with Crippen molar-refractivity contribution < 1.29 is 19.1 Å². The van der Waals surface area contributed by atoms with Crippen LogP contribution in [0.2, 0.25) is 0 Å². The Kier molecular flexibility index (Phi) is 6.92. The molecule has 1 aromatic heterocycles. The van der Waals surface area contributed by atoms with Crippen molar-refractivity contribution in [3.8, 4) is 0 Å². The van der Waals surface area contributed by atoms with E-state index >= 15 is 0 Å². The molecule has 0 aromatic carbocycles. The maximum absolute atomic E-state index is 12.2. The van der Waals surface area contributed by atoms with Crippen molar-refractivity contribution in [1.82, 2.24) is 10.6 Å². The lowest BCUT2D eigenvalue weighted by molar-refractivity contribution is 0.0656. The first kappa shape index (κ1) is 17.8. The summed E-state index contributed by atoms with van der Waals surface area (Å²) in [6, 6.07) is 3.14. The van der Waals surface area contributed by atoms with Gasteiger partial charge >= 0.3 is 6.03 Å². The van der Waals surface area contributed by atoms with E-state index in [4.69, 9.17) is 9.15 Å². The van der Waals surface area contributed by atoms with Gasteiger partial charge in [0.25, 0.3) is 0 Å². The minimum absolute atomic E-state index is 0.0460. The molecule has 0 saturated heterocycles. The van der Waals surface area contributed by atoms with E-state index in [2.05, 4.69) is 10.6 Å². The first-order chi connectivity index (χ1) is 11.1. The molecule has 0 spiro atoms. The highest BCUT2D eigenvalue weighted by Crippen LogP contribution is 2.21. The van der Waals surface area contributed by atoms with Crippen LogP contribution in [-0.4, -0.2) is 36.4 Å². The summed E-state index contributed by atoms with van der Waals surface area (Å²) in [5.41, 5.74) is 0. The highest BCUT2D eigenvalue weighted by Gasteiger charge is 2.25. The average molecular weight is 324 g/mol. The van der Waals surface area contributed by atoms with Crippen LogP contribution in [0.15, 0.2) is 22.8 Å². The Bertz CT molecular complexity index is 463. The molecular formula is C17H28N2O4. The molecular weight excluding hydrogens is 296 g/mol. The minimum Gasteiger partial charge on any atom is -0.467 e. The minimum atomic E-state index is -0.718. The summed E-state index contributed by atoms with van der Waals surface area (Å²) >= 11 is 0. The second-order valence-electron chi connectivity index (χ2n) is 6.30. The molecule has 3 N–H and O–H groups in total. The van der Waals surface area contributed by atoms with Crippen molar-refractivity contribution in [2.75, 3.05) is 7.11 Å². The number of nitrogens with one attached hydrogen (secondary N) is 2. The van der Waals surface area contributed by atoms with Gasteiger partial charge in [-0.05, 0) is 31.9 Å². The maximum Gasteiger partial charge on any atom is 0.315 e. The molecule has 0 aliphatic heterocycles. The van der Waals surface area contributed by atoms with E-state index in [1.807, 2.05) is 6.92 Å². The van der Waals surface area contributed by atoms with E-state index in [9.17, 15) is 9.90 Å². The van der Waals surface area contributed by atoms with Gasteiger partial charge in [0.15, 0.2) is 0 Å². The third-order valence-electron chi connectivity index (χ3n) is 4.40. The van der Waals surface area contributed by atoms with E-state index in [0.29, 0.717) is 12.2 Å². The highest BCUT2D eigenvalue weighted by molar-refractivity contribution is 5.74. The van der Waals surface area contributed by atoms with Crippen LogP contribution in [0.1, 0.15) is 57.3 Å². The van der Waals surface area contributed by atoms with Gasteiger partial charge in [-0.15, -0.1) is 0 Å². The predicted molar refractivity (Wildman–Crippen MR) is 87.1 cm³/mol. The van der Waals surface area contributed by atoms with Gasteiger partial charge in [-0.3, -0.25) is 0 Å². The summed E-state index contributed by atoms with van der Waals surface area (Å²) in [5.74, 6) is 0.516. The lowest BCUT2D eigenvalue weighted by Crippen LogP contribution is -2.50.